The van der Waals surface area contributed by atoms with Crippen molar-refractivity contribution in [1.82, 2.24) is 15.2 Å². The molecule has 2 aliphatic rings. The summed E-state index contributed by atoms with van der Waals surface area (Å²) in [5, 5.41) is 5.13. The Morgan fingerprint density at radius 3 is 3.04 bits per heavy atom. The zero-order chi connectivity index (χ0) is 15.8. The van der Waals surface area contributed by atoms with Crippen LogP contribution in [0.15, 0.2) is 30.5 Å². The topological polar surface area (TPSA) is 54.5 Å². The molecular formula is C18H21N3O2. The van der Waals surface area contributed by atoms with E-state index in [9.17, 15) is 4.79 Å². The minimum atomic E-state index is -0.0813. The van der Waals surface area contributed by atoms with Crippen LogP contribution < -0.4 is 10.1 Å². The van der Waals surface area contributed by atoms with Gasteiger partial charge in [-0.25, -0.2) is 0 Å². The molecule has 5 heteroatoms. The molecular weight excluding hydrogens is 290 g/mol. The van der Waals surface area contributed by atoms with Gasteiger partial charge in [0, 0.05) is 30.7 Å². The fraction of sp³-hybridized carbons (Fsp3) is 0.444. The number of rotatable bonds is 3. The first-order chi connectivity index (χ1) is 11.2. The smallest absolute Gasteiger partial charge is 0.270 e. The summed E-state index contributed by atoms with van der Waals surface area (Å²) in [6, 6.07) is 7.86. The average Bonchev–Trinajstić information content (AvgIpc) is 2.92. The van der Waals surface area contributed by atoms with Gasteiger partial charge in [0.2, 0.25) is 0 Å². The SMILES string of the molecule is COc1ccc2cnc(C(=O)NC3CC4CCN(C4)C3)cc2c1. The number of carbonyl (C=O) groups excluding carboxylic acids is 1. The Bertz CT molecular complexity index is 734. The summed E-state index contributed by atoms with van der Waals surface area (Å²) in [7, 11) is 1.64. The molecule has 4 rings (SSSR count). The van der Waals surface area contributed by atoms with Gasteiger partial charge in [-0.05, 0) is 55.0 Å². The molecule has 1 amide bonds. The van der Waals surface area contributed by atoms with Gasteiger partial charge in [0.15, 0.2) is 0 Å². The number of methoxy groups -OCH3 is 1. The number of carbonyl (C=O) groups is 1. The number of aromatic nitrogens is 1. The lowest BCUT2D eigenvalue weighted by molar-refractivity contribution is 0.0904. The second-order valence-electron chi connectivity index (χ2n) is 6.60. The third kappa shape index (κ3) is 2.88. The number of ether oxygens (including phenoxy) is 1. The Morgan fingerprint density at radius 2 is 2.22 bits per heavy atom. The number of hydrogen-bond donors (Lipinski definition) is 1. The van der Waals surface area contributed by atoms with Crippen LogP contribution in [0.4, 0.5) is 0 Å². The fourth-order valence-electron chi connectivity index (χ4n) is 3.79. The summed E-state index contributed by atoms with van der Waals surface area (Å²) < 4.78 is 5.25. The molecule has 2 aromatic rings. The predicted molar refractivity (Wildman–Crippen MR) is 88.7 cm³/mol. The molecule has 120 valence electrons. The fourth-order valence-corrected chi connectivity index (χ4v) is 3.79. The van der Waals surface area contributed by atoms with Gasteiger partial charge in [-0.15, -0.1) is 0 Å². The van der Waals surface area contributed by atoms with Crippen molar-refractivity contribution in [3.8, 4) is 5.75 Å². The molecule has 5 nitrogen and oxygen atoms in total. The molecule has 0 saturated carbocycles. The summed E-state index contributed by atoms with van der Waals surface area (Å²) in [6.45, 7) is 3.33. The zero-order valence-corrected chi connectivity index (χ0v) is 13.3. The van der Waals surface area contributed by atoms with Gasteiger partial charge in [-0.3, -0.25) is 9.78 Å². The lowest BCUT2D eigenvalue weighted by Crippen LogP contribution is -2.47. The Kier molecular flexibility index (Phi) is 3.65. The Hall–Kier alpha value is -2.14. The van der Waals surface area contributed by atoms with Crippen LogP contribution in [-0.4, -0.2) is 48.6 Å². The number of pyridine rings is 1. The highest BCUT2D eigenvalue weighted by Gasteiger charge is 2.33. The largest absolute Gasteiger partial charge is 0.497 e. The average molecular weight is 311 g/mol. The minimum absolute atomic E-state index is 0.0813. The number of fused-ring (bicyclic) bond motifs is 3. The summed E-state index contributed by atoms with van der Waals surface area (Å²) in [4.78, 5) is 19.3. The molecule has 3 atom stereocenters. The molecule has 1 N–H and O–H groups in total. The van der Waals surface area contributed by atoms with Gasteiger partial charge in [0.25, 0.3) is 5.91 Å². The van der Waals surface area contributed by atoms with Crippen molar-refractivity contribution < 1.29 is 9.53 Å². The highest BCUT2D eigenvalue weighted by Crippen LogP contribution is 2.27. The monoisotopic (exact) mass is 311 g/mol. The number of amides is 1. The van der Waals surface area contributed by atoms with Crippen LogP contribution in [-0.2, 0) is 0 Å². The summed E-state index contributed by atoms with van der Waals surface area (Å²) in [6.07, 6.45) is 4.10. The molecule has 0 aliphatic carbocycles. The van der Waals surface area contributed by atoms with Crippen LogP contribution in [0.3, 0.4) is 0 Å². The van der Waals surface area contributed by atoms with E-state index in [-0.39, 0.29) is 11.9 Å². The Balaban J connectivity index is 1.52. The minimum Gasteiger partial charge on any atom is -0.497 e. The Labute approximate surface area is 135 Å². The van der Waals surface area contributed by atoms with E-state index in [1.807, 2.05) is 24.3 Å². The molecule has 1 aromatic heterocycles. The summed E-state index contributed by atoms with van der Waals surface area (Å²) in [5.74, 6) is 1.44. The van der Waals surface area contributed by atoms with Crippen molar-refractivity contribution in [1.29, 1.82) is 0 Å². The van der Waals surface area contributed by atoms with Crippen LogP contribution in [0.2, 0.25) is 0 Å². The number of benzene rings is 1. The highest BCUT2D eigenvalue weighted by molar-refractivity contribution is 5.96. The normalized spacial score (nSPS) is 26.2. The molecule has 2 fully saturated rings. The van der Waals surface area contributed by atoms with Gasteiger partial charge in [-0.1, -0.05) is 0 Å². The molecule has 1 aromatic carbocycles. The van der Waals surface area contributed by atoms with E-state index in [0.717, 1.165) is 35.4 Å². The van der Waals surface area contributed by atoms with E-state index < -0.39 is 0 Å². The first-order valence-corrected chi connectivity index (χ1v) is 8.18. The zero-order valence-electron chi connectivity index (χ0n) is 13.3. The van der Waals surface area contributed by atoms with Gasteiger partial charge in [0.1, 0.15) is 11.4 Å². The molecule has 2 bridgehead atoms. The lowest BCUT2D eigenvalue weighted by Gasteiger charge is -2.30. The van der Waals surface area contributed by atoms with Gasteiger partial charge in [0.05, 0.1) is 7.11 Å². The molecule has 0 spiro atoms. The third-order valence-corrected chi connectivity index (χ3v) is 4.96. The maximum Gasteiger partial charge on any atom is 0.270 e. The first kappa shape index (κ1) is 14.5. The van der Waals surface area contributed by atoms with E-state index in [4.69, 9.17) is 4.74 Å². The van der Waals surface area contributed by atoms with Crippen LogP contribution in [0.1, 0.15) is 23.3 Å². The standard InChI is InChI=1S/C18H21N3O2/c1-23-16-3-2-13-9-19-17(8-14(13)7-16)18(22)20-15-6-12-4-5-21(10-12)11-15/h2-3,7-9,12,15H,4-6,10-11H2,1H3,(H,20,22). The van der Waals surface area contributed by atoms with Crippen molar-refractivity contribution in [2.24, 2.45) is 5.92 Å². The summed E-state index contributed by atoms with van der Waals surface area (Å²) in [5.41, 5.74) is 0.471. The van der Waals surface area contributed by atoms with E-state index in [1.54, 1.807) is 13.3 Å². The van der Waals surface area contributed by atoms with E-state index in [2.05, 4.69) is 15.2 Å². The highest BCUT2D eigenvalue weighted by atomic mass is 16.5. The van der Waals surface area contributed by atoms with Crippen molar-refractivity contribution in [3.05, 3.63) is 36.2 Å². The summed E-state index contributed by atoms with van der Waals surface area (Å²) >= 11 is 0. The quantitative estimate of drug-likeness (QED) is 0.943. The van der Waals surface area contributed by atoms with Gasteiger partial charge in [-0.2, -0.15) is 0 Å². The van der Waals surface area contributed by atoms with Crippen molar-refractivity contribution in [3.63, 3.8) is 0 Å². The molecule has 3 unspecified atom stereocenters. The number of piperidine rings is 1. The second-order valence-corrected chi connectivity index (χ2v) is 6.60. The number of nitrogens with zero attached hydrogens (tertiary/aromatic N) is 2. The van der Waals surface area contributed by atoms with Crippen LogP contribution >= 0.6 is 0 Å². The number of nitrogens with one attached hydrogen (secondary N) is 1. The second kappa shape index (κ2) is 5.81. The van der Waals surface area contributed by atoms with Crippen molar-refractivity contribution >= 4 is 16.7 Å². The van der Waals surface area contributed by atoms with Crippen molar-refractivity contribution in [2.75, 3.05) is 26.7 Å². The molecule has 2 saturated heterocycles. The Morgan fingerprint density at radius 1 is 1.30 bits per heavy atom. The lowest BCUT2D eigenvalue weighted by atomic mass is 9.97. The molecule has 23 heavy (non-hydrogen) atoms. The predicted octanol–water partition coefficient (Wildman–Crippen LogP) is 2.07. The van der Waals surface area contributed by atoms with Crippen molar-refractivity contribution in [2.45, 2.75) is 18.9 Å². The maximum atomic E-state index is 12.5. The van der Waals surface area contributed by atoms with E-state index >= 15 is 0 Å². The first-order valence-electron chi connectivity index (χ1n) is 8.18. The molecule has 0 radical (unpaired) electrons. The van der Waals surface area contributed by atoms with E-state index in [1.165, 1.54) is 19.5 Å². The maximum absolute atomic E-state index is 12.5. The third-order valence-electron chi connectivity index (χ3n) is 4.96. The van der Waals surface area contributed by atoms with Crippen LogP contribution in [0, 0.1) is 5.92 Å². The molecule has 2 aliphatic heterocycles. The van der Waals surface area contributed by atoms with Crippen LogP contribution in [0.5, 0.6) is 5.75 Å². The van der Waals surface area contributed by atoms with Crippen LogP contribution in [0.25, 0.3) is 10.8 Å². The number of hydrogen-bond acceptors (Lipinski definition) is 4. The van der Waals surface area contributed by atoms with Gasteiger partial charge < -0.3 is 15.0 Å². The van der Waals surface area contributed by atoms with E-state index in [0.29, 0.717) is 5.69 Å². The molecule has 3 heterocycles. The van der Waals surface area contributed by atoms with Gasteiger partial charge >= 0.3 is 0 Å².